The Morgan fingerprint density at radius 3 is 1.36 bits per heavy atom. The predicted octanol–water partition coefficient (Wildman–Crippen LogP) is 8.85. The second kappa shape index (κ2) is 33.2. The molecule has 0 radical (unpaired) electrons. The topological polar surface area (TPSA) is 228 Å². The highest BCUT2D eigenvalue weighted by atomic mass is 35.5. The van der Waals surface area contributed by atoms with Crippen LogP contribution in [-0.4, -0.2) is 161 Å². The number of halogens is 2. The van der Waals surface area contributed by atoms with E-state index >= 15 is 0 Å². The molecule has 2 aromatic carbocycles. The molecule has 2 aliphatic heterocycles. The van der Waals surface area contributed by atoms with Gasteiger partial charge in [-0.05, 0) is 99.6 Å². The quantitative estimate of drug-likeness (QED) is 0.0284. The smallest absolute Gasteiger partial charge is 0.418 e. The monoisotopic (exact) mass is 1230 g/mol. The van der Waals surface area contributed by atoms with Crippen LogP contribution < -0.4 is 31.9 Å². The Morgan fingerprint density at radius 1 is 0.535 bits per heavy atom. The van der Waals surface area contributed by atoms with Gasteiger partial charge in [-0.2, -0.15) is 0 Å². The van der Waals surface area contributed by atoms with Crippen LogP contribution in [0.25, 0.3) is 0 Å². The number of fused-ring (bicyclic) bond motifs is 4. The van der Waals surface area contributed by atoms with Crippen LogP contribution >= 0.6 is 23.2 Å². The number of piperazine rings is 2. The molecule has 0 spiro atoms. The standard InChI is InChI=1S/C66H100Cl2N8O10/c1-3-5-7-9-11-13-15-17-37-83-53(45-73-29-33-75(34-30-73)51-23-19-21-49(67)39-51)43-71-61(79)56-48-26-27-65(42-48,57(56)60(70)78)85-63(81)64(82)86-66-28-25-47(41-66)55(59(69)77)58(66)62(80)72-44-54(84-38-18-16-14-12-10-8-6-4-2)46-74-31-35-76(36-32-74)52-24-20-22-50(68)40-52/h19-24,39-40,47-48,53-58H,3-18,25-38,41-46H2,1-2H3,(H2,69,77)(H2,70,78)(H,71,79)(H,72,80). The first-order chi connectivity index (χ1) is 41.6. The minimum Gasteiger partial charge on any atom is -0.450 e. The number of ether oxygens (including phenoxy) is 4. The lowest BCUT2D eigenvalue weighted by Crippen LogP contribution is -2.55. The van der Waals surface area contributed by atoms with E-state index in [1.54, 1.807) is 0 Å². The Bertz CT molecular complexity index is 2530. The summed E-state index contributed by atoms with van der Waals surface area (Å²) in [6, 6.07) is 15.7. The number of nitrogens with one attached hydrogen (secondary N) is 2. The average Bonchev–Trinajstić information content (AvgIpc) is 1.71. The van der Waals surface area contributed by atoms with Crippen molar-refractivity contribution in [1.29, 1.82) is 0 Å². The fourth-order valence-corrected chi connectivity index (χ4v) is 15.5. The van der Waals surface area contributed by atoms with Crippen molar-refractivity contribution < 1.29 is 47.7 Å². The molecule has 6 fully saturated rings. The number of hydrogen-bond acceptors (Lipinski definition) is 14. The molecule has 6 aliphatic rings. The van der Waals surface area contributed by atoms with Gasteiger partial charge in [0.25, 0.3) is 0 Å². The van der Waals surface area contributed by atoms with E-state index in [1.165, 1.54) is 64.2 Å². The second-order valence-corrected chi connectivity index (χ2v) is 26.6. The second-order valence-electron chi connectivity index (χ2n) is 25.7. The molecule has 18 nitrogen and oxygen atoms in total. The summed E-state index contributed by atoms with van der Waals surface area (Å²) in [4.78, 5) is 93.5. The highest BCUT2D eigenvalue weighted by molar-refractivity contribution is 6.31. The van der Waals surface area contributed by atoms with Crippen molar-refractivity contribution in [3.05, 3.63) is 58.6 Å². The summed E-state index contributed by atoms with van der Waals surface area (Å²) in [7, 11) is 0. The summed E-state index contributed by atoms with van der Waals surface area (Å²) in [5.41, 5.74) is 11.3. The molecular formula is C66H100Cl2N8O10. The zero-order valence-electron chi connectivity index (χ0n) is 51.5. The summed E-state index contributed by atoms with van der Waals surface area (Å²) in [6.07, 6.45) is 19.6. The molecule has 4 bridgehead atoms. The van der Waals surface area contributed by atoms with Gasteiger partial charge in [0.05, 0.1) is 35.9 Å². The normalized spacial score (nSPS) is 26.1. The maximum absolute atomic E-state index is 14.6. The average molecular weight is 1240 g/mol. The summed E-state index contributed by atoms with van der Waals surface area (Å²) in [6.45, 7) is 13.4. The number of nitrogens with zero attached hydrogens (tertiary/aromatic N) is 4. The van der Waals surface area contributed by atoms with Crippen LogP contribution in [0.5, 0.6) is 0 Å². The fourth-order valence-electron chi connectivity index (χ4n) is 15.2. The van der Waals surface area contributed by atoms with Gasteiger partial charge in [0.15, 0.2) is 0 Å². The van der Waals surface area contributed by atoms with E-state index in [0.29, 0.717) is 49.2 Å². The molecule has 10 unspecified atom stereocenters. The first-order valence-electron chi connectivity index (χ1n) is 32.9. The summed E-state index contributed by atoms with van der Waals surface area (Å²) in [5.74, 6) is -9.94. The molecule has 4 saturated carbocycles. The molecule has 6 N–H and O–H groups in total. The van der Waals surface area contributed by atoms with Crippen molar-refractivity contribution in [1.82, 2.24) is 20.4 Å². The molecule has 478 valence electrons. The SMILES string of the molecule is CCCCCCCCCCOC(CNC(=O)C1C2CCC(OC(=O)C(=O)OC34CCC(C3)C(C(N)=O)C4C(=O)NCC(CN3CCN(c4cccc(Cl)c4)CC3)OCCCCCCCCCC)(C2)C1C(N)=O)CN1CCN(c2cccc(Cl)c2)CC1. The van der Waals surface area contributed by atoms with Gasteiger partial charge in [-0.1, -0.05) is 139 Å². The number of unbranched alkanes of at least 4 members (excludes halogenated alkanes) is 14. The number of carbonyl (C=O) groups excluding carboxylic acids is 6. The van der Waals surface area contributed by atoms with Crippen molar-refractivity contribution >= 4 is 70.1 Å². The van der Waals surface area contributed by atoms with Crippen molar-refractivity contribution in [2.75, 3.05) is 102 Å². The summed E-state index contributed by atoms with van der Waals surface area (Å²) < 4.78 is 25.3. The van der Waals surface area contributed by atoms with Gasteiger partial charge in [-0.25, -0.2) is 9.59 Å². The Hall–Kier alpha value is -4.72. The summed E-state index contributed by atoms with van der Waals surface area (Å²) >= 11 is 12.6. The van der Waals surface area contributed by atoms with E-state index < -0.39 is 64.5 Å². The van der Waals surface area contributed by atoms with Gasteiger partial charge < -0.3 is 50.8 Å². The van der Waals surface area contributed by atoms with E-state index in [4.69, 9.17) is 53.6 Å². The lowest BCUT2D eigenvalue weighted by atomic mass is 9.75. The minimum atomic E-state index is -1.52. The van der Waals surface area contributed by atoms with Gasteiger partial charge in [0.1, 0.15) is 11.2 Å². The number of hydrogen-bond donors (Lipinski definition) is 4. The number of nitrogens with two attached hydrogens (primary N) is 2. The molecule has 8 rings (SSSR count). The van der Waals surface area contributed by atoms with Gasteiger partial charge in [-0.15, -0.1) is 0 Å². The number of primary amides is 2. The fraction of sp³-hybridized carbons (Fsp3) is 0.727. The third kappa shape index (κ3) is 18.2. The molecular weight excluding hydrogens is 1140 g/mol. The third-order valence-corrected chi connectivity index (χ3v) is 20.1. The van der Waals surface area contributed by atoms with E-state index in [1.807, 2.05) is 36.4 Å². The maximum Gasteiger partial charge on any atom is 0.418 e. The minimum absolute atomic E-state index is 0.145. The van der Waals surface area contributed by atoms with Crippen LogP contribution in [0.15, 0.2) is 48.5 Å². The number of carbonyl (C=O) groups is 6. The molecule has 2 saturated heterocycles. The summed E-state index contributed by atoms with van der Waals surface area (Å²) in [5, 5.41) is 7.58. The number of amides is 4. The van der Waals surface area contributed by atoms with E-state index in [0.717, 1.165) is 102 Å². The Labute approximate surface area is 521 Å². The largest absolute Gasteiger partial charge is 0.450 e. The van der Waals surface area contributed by atoms with Gasteiger partial charge in [-0.3, -0.25) is 29.0 Å². The molecule has 20 heteroatoms. The van der Waals surface area contributed by atoms with Crippen LogP contribution in [0.1, 0.15) is 155 Å². The molecule has 4 aliphatic carbocycles. The highest BCUT2D eigenvalue weighted by Gasteiger charge is 2.67. The lowest BCUT2D eigenvalue weighted by molar-refractivity contribution is -0.193. The van der Waals surface area contributed by atoms with Crippen molar-refractivity contribution in [3.8, 4) is 0 Å². The third-order valence-electron chi connectivity index (χ3n) is 19.7. The number of esters is 2. The first kappa shape index (κ1) is 67.2. The van der Waals surface area contributed by atoms with E-state index in [9.17, 15) is 28.8 Å². The van der Waals surface area contributed by atoms with E-state index in [2.05, 4.69) is 56.2 Å². The lowest BCUT2D eigenvalue weighted by Gasteiger charge is -2.39. The Balaban J connectivity index is 0.873. The molecule has 2 heterocycles. The molecule has 4 amide bonds. The van der Waals surface area contributed by atoms with Crippen molar-refractivity contribution in [2.45, 2.75) is 179 Å². The van der Waals surface area contributed by atoms with Crippen LogP contribution in [0.3, 0.4) is 0 Å². The van der Waals surface area contributed by atoms with Crippen LogP contribution in [0.4, 0.5) is 11.4 Å². The molecule has 0 aromatic heterocycles. The van der Waals surface area contributed by atoms with Gasteiger partial charge in [0.2, 0.25) is 23.6 Å². The first-order valence-corrected chi connectivity index (χ1v) is 33.7. The Kier molecular flexibility index (Phi) is 25.9. The molecule has 86 heavy (non-hydrogen) atoms. The van der Waals surface area contributed by atoms with E-state index in [-0.39, 0.29) is 68.7 Å². The van der Waals surface area contributed by atoms with Crippen molar-refractivity contribution in [2.24, 2.45) is 47.0 Å². The Morgan fingerprint density at radius 2 is 0.942 bits per heavy atom. The molecule has 10 atom stereocenters. The zero-order valence-corrected chi connectivity index (χ0v) is 53.0. The number of benzene rings is 2. The van der Waals surface area contributed by atoms with Crippen LogP contribution in [0.2, 0.25) is 10.0 Å². The van der Waals surface area contributed by atoms with Gasteiger partial charge in [0, 0.05) is 113 Å². The number of rotatable bonds is 36. The van der Waals surface area contributed by atoms with Crippen LogP contribution in [-0.2, 0) is 47.7 Å². The zero-order chi connectivity index (χ0) is 61.1. The predicted molar refractivity (Wildman–Crippen MR) is 336 cm³/mol. The molecule has 2 aromatic rings. The van der Waals surface area contributed by atoms with Gasteiger partial charge >= 0.3 is 11.9 Å². The van der Waals surface area contributed by atoms with Crippen LogP contribution in [0, 0.1) is 35.5 Å². The van der Waals surface area contributed by atoms with Crippen molar-refractivity contribution in [3.63, 3.8) is 0 Å². The maximum atomic E-state index is 14.6. The highest BCUT2D eigenvalue weighted by Crippen LogP contribution is 2.59. The number of anilines is 2.